The Labute approximate surface area is 155 Å². The van der Waals surface area contributed by atoms with E-state index in [4.69, 9.17) is 17.0 Å². The molecule has 1 aromatic carbocycles. The second-order valence-electron chi connectivity index (χ2n) is 5.63. The predicted molar refractivity (Wildman–Crippen MR) is 87.4 cm³/mol. The maximum atomic E-state index is 13.1. The highest BCUT2D eigenvalue weighted by Crippen LogP contribution is 2.39. The first kappa shape index (κ1) is 21.0. The van der Waals surface area contributed by atoms with E-state index in [0.29, 0.717) is 12.1 Å². The van der Waals surface area contributed by atoms with E-state index in [-0.39, 0.29) is 29.1 Å². The summed E-state index contributed by atoms with van der Waals surface area (Å²) in [5.74, 6) is -0.881. The minimum absolute atomic E-state index is 0.0174. The lowest BCUT2D eigenvalue weighted by Gasteiger charge is -2.30. The van der Waals surface area contributed by atoms with Crippen LogP contribution in [0.2, 0.25) is 0 Å². The van der Waals surface area contributed by atoms with Crippen molar-refractivity contribution in [2.45, 2.75) is 32.2 Å². The quantitative estimate of drug-likeness (QED) is 0.445. The van der Waals surface area contributed by atoms with Crippen LogP contribution in [0.15, 0.2) is 29.5 Å². The number of esters is 1. The van der Waals surface area contributed by atoms with Crippen molar-refractivity contribution in [3.8, 4) is 0 Å². The van der Waals surface area contributed by atoms with Crippen LogP contribution >= 0.6 is 12.2 Å². The van der Waals surface area contributed by atoms with Crippen molar-refractivity contribution in [3.05, 3.63) is 46.2 Å². The fourth-order valence-corrected chi connectivity index (χ4v) is 2.84. The lowest BCUT2D eigenvalue weighted by atomic mass is 9.92. The second kappa shape index (κ2) is 7.37. The summed E-state index contributed by atoms with van der Waals surface area (Å²) < 4.78 is 83.5. The summed E-state index contributed by atoms with van der Waals surface area (Å²) >= 11 is 4.92. The Hall–Kier alpha value is -2.30. The Morgan fingerprint density at radius 1 is 1.11 bits per heavy atom. The third-order valence-electron chi connectivity index (χ3n) is 3.71. The number of nitrogens with one attached hydrogen (secondary N) is 2. The van der Waals surface area contributed by atoms with Crippen molar-refractivity contribution in [1.82, 2.24) is 10.6 Å². The lowest BCUT2D eigenvalue weighted by molar-refractivity contribution is -0.143. The third kappa shape index (κ3) is 4.71. The van der Waals surface area contributed by atoms with Crippen LogP contribution < -0.4 is 10.6 Å². The fraction of sp³-hybridized carbons (Fsp3) is 0.375. The average Bonchev–Trinajstić information content (AvgIpc) is 2.52. The number of halogens is 6. The first-order chi connectivity index (χ1) is 12.3. The van der Waals surface area contributed by atoms with Gasteiger partial charge in [0.2, 0.25) is 0 Å². The highest BCUT2D eigenvalue weighted by molar-refractivity contribution is 7.80. The van der Waals surface area contributed by atoms with Crippen LogP contribution in [0.5, 0.6) is 0 Å². The second-order valence-corrected chi connectivity index (χ2v) is 6.04. The first-order valence-corrected chi connectivity index (χ1v) is 8.00. The molecule has 0 amide bonds. The summed E-state index contributed by atoms with van der Waals surface area (Å²) in [4.78, 5) is 12.2. The maximum absolute atomic E-state index is 13.1. The van der Waals surface area contributed by atoms with Crippen molar-refractivity contribution in [1.29, 1.82) is 0 Å². The minimum atomic E-state index is -5.01. The highest BCUT2D eigenvalue weighted by Gasteiger charge is 2.39. The Bertz CT molecular complexity index is 769. The molecule has 2 N–H and O–H groups in total. The first-order valence-electron chi connectivity index (χ1n) is 7.59. The summed E-state index contributed by atoms with van der Waals surface area (Å²) in [6, 6.07) is -0.217. The van der Waals surface area contributed by atoms with Crippen molar-refractivity contribution in [2.75, 3.05) is 6.61 Å². The predicted octanol–water partition coefficient (Wildman–Crippen LogP) is 4.08. The number of carbonyl (C=O) groups excluding carboxylic acids is 1. The Morgan fingerprint density at radius 2 is 1.63 bits per heavy atom. The zero-order chi connectivity index (χ0) is 20.6. The van der Waals surface area contributed by atoms with E-state index >= 15 is 0 Å². The number of rotatable bonds is 3. The molecular weight excluding hydrogens is 398 g/mol. The largest absolute Gasteiger partial charge is 0.463 e. The number of hydrogen-bond acceptors (Lipinski definition) is 3. The molecule has 1 heterocycles. The van der Waals surface area contributed by atoms with Gasteiger partial charge in [0.05, 0.1) is 29.3 Å². The molecule has 27 heavy (non-hydrogen) atoms. The summed E-state index contributed by atoms with van der Waals surface area (Å²) in [5.41, 5.74) is -3.37. The molecule has 4 nitrogen and oxygen atoms in total. The van der Waals surface area contributed by atoms with E-state index in [2.05, 4.69) is 10.6 Å². The van der Waals surface area contributed by atoms with Gasteiger partial charge in [0.1, 0.15) is 0 Å². The Balaban J connectivity index is 2.67. The number of alkyl halides is 6. The van der Waals surface area contributed by atoms with Crippen molar-refractivity contribution >= 4 is 23.3 Å². The summed E-state index contributed by atoms with van der Waals surface area (Å²) in [7, 11) is 0. The van der Waals surface area contributed by atoms with E-state index < -0.39 is 41.1 Å². The molecule has 1 aliphatic heterocycles. The van der Waals surface area contributed by atoms with Gasteiger partial charge in [0, 0.05) is 5.70 Å². The van der Waals surface area contributed by atoms with Gasteiger partial charge in [-0.15, -0.1) is 0 Å². The van der Waals surface area contributed by atoms with Gasteiger partial charge < -0.3 is 15.4 Å². The van der Waals surface area contributed by atoms with Crippen LogP contribution in [-0.2, 0) is 21.9 Å². The van der Waals surface area contributed by atoms with E-state index in [0.717, 1.165) is 0 Å². The summed E-state index contributed by atoms with van der Waals surface area (Å²) in [6.45, 7) is 2.91. The molecule has 0 aromatic heterocycles. The van der Waals surface area contributed by atoms with Gasteiger partial charge in [-0.2, -0.15) is 26.3 Å². The van der Waals surface area contributed by atoms with Crippen LogP contribution in [-0.4, -0.2) is 17.7 Å². The summed E-state index contributed by atoms with van der Waals surface area (Å²) in [6.07, 6.45) is -10.0. The molecule has 0 unspecified atom stereocenters. The zero-order valence-electron chi connectivity index (χ0n) is 14.0. The van der Waals surface area contributed by atoms with Gasteiger partial charge in [-0.1, -0.05) is 0 Å². The average molecular weight is 412 g/mol. The summed E-state index contributed by atoms with van der Waals surface area (Å²) in [5, 5.41) is 5.10. The maximum Gasteiger partial charge on any atom is 0.416 e. The van der Waals surface area contributed by atoms with Crippen molar-refractivity contribution in [2.24, 2.45) is 0 Å². The third-order valence-corrected chi connectivity index (χ3v) is 3.93. The molecule has 0 saturated heterocycles. The fourth-order valence-electron chi connectivity index (χ4n) is 2.57. The molecule has 1 atom stereocenters. The number of hydrogen-bond donors (Lipinski definition) is 2. The minimum Gasteiger partial charge on any atom is -0.463 e. The molecule has 0 radical (unpaired) electrons. The van der Waals surface area contributed by atoms with Crippen LogP contribution in [0.1, 0.15) is 36.6 Å². The topological polar surface area (TPSA) is 50.4 Å². The molecule has 1 aromatic rings. The molecule has 148 valence electrons. The monoisotopic (exact) mass is 412 g/mol. The van der Waals surface area contributed by atoms with Gasteiger partial charge in [0.25, 0.3) is 0 Å². The van der Waals surface area contributed by atoms with Crippen molar-refractivity contribution in [3.63, 3.8) is 0 Å². The standard InChI is InChI=1S/C16H14F6N2O2S/c1-3-26-13(25)11-7(2)23-14(27)24-12(11)8-4-9(15(17,18)19)6-10(5-8)16(20,21)22/h4-6,12H,3H2,1-2H3,(H2,23,24,27)/t12-/m0/s1. The number of allylic oxidation sites excluding steroid dienone is 1. The van der Waals surface area contributed by atoms with Crippen LogP contribution in [0, 0.1) is 0 Å². The molecule has 2 rings (SSSR count). The van der Waals surface area contributed by atoms with Crippen molar-refractivity contribution < 1.29 is 35.9 Å². The molecule has 11 heteroatoms. The van der Waals surface area contributed by atoms with Gasteiger partial charge in [-0.3, -0.25) is 0 Å². The van der Waals surface area contributed by atoms with Gasteiger partial charge >= 0.3 is 18.3 Å². The smallest absolute Gasteiger partial charge is 0.416 e. The Kier molecular flexibility index (Phi) is 5.74. The van der Waals surface area contributed by atoms with Gasteiger partial charge in [-0.25, -0.2) is 4.79 Å². The molecule has 1 aliphatic rings. The molecule has 0 saturated carbocycles. The normalized spacial score (nSPS) is 18.1. The van der Waals surface area contributed by atoms with E-state index in [1.807, 2.05) is 0 Å². The van der Waals surface area contributed by atoms with Crippen LogP contribution in [0.25, 0.3) is 0 Å². The number of benzene rings is 1. The van der Waals surface area contributed by atoms with E-state index in [9.17, 15) is 31.1 Å². The van der Waals surface area contributed by atoms with Gasteiger partial charge in [-0.05, 0) is 49.8 Å². The Morgan fingerprint density at radius 3 is 2.07 bits per heavy atom. The number of thiocarbonyl (C=S) groups is 1. The molecule has 0 aliphatic carbocycles. The zero-order valence-corrected chi connectivity index (χ0v) is 14.8. The lowest BCUT2D eigenvalue weighted by Crippen LogP contribution is -2.45. The molecule has 0 bridgehead atoms. The SMILES string of the molecule is CCOC(=O)C1=C(C)NC(=S)N[C@H]1c1cc(C(F)(F)F)cc(C(F)(F)F)c1. The number of ether oxygens (including phenoxy) is 1. The highest BCUT2D eigenvalue weighted by atomic mass is 32.1. The number of carbonyl (C=O) groups is 1. The van der Waals surface area contributed by atoms with Crippen LogP contribution in [0.4, 0.5) is 26.3 Å². The molecular formula is C16H14F6N2O2S. The molecule has 0 fully saturated rings. The molecule has 0 spiro atoms. The van der Waals surface area contributed by atoms with E-state index in [1.165, 1.54) is 13.8 Å². The van der Waals surface area contributed by atoms with Gasteiger partial charge in [0.15, 0.2) is 5.11 Å². The van der Waals surface area contributed by atoms with E-state index in [1.54, 1.807) is 0 Å². The van der Waals surface area contributed by atoms with Crippen LogP contribution in [0.3, 0.4) is 0 Å².